The maximum Gasteiger partial charge on any atom is 0.303 e. The Morgan fingerprint density at radius 3 is 2.42 bits per heavy atom. The molecule has 0 spiro atoms. The van der Waals surface area contributed by atoms with E-state index < -0.39 is 5.97 Å². The molecule has 0 atom stereocenters. The van der Waals surface area contributed by atoms with Crippen molar-refractivity contribution in [3.05, 3.63) is 59.7 Å². The third-order valence-corrected chi connectivity index (χ3v) is 2.87. The predicted molar refractivity (Wildman–Crippen MR) is 73.7 cm³/mol. The molecule has 3 nitrogen and oxygen atoms in total. The molecule has 0 bridgehead atoms. The highest BCUT2D eigenvalue weighted by Gasteiger charge is 2.02. The van der Waals surface area contributed by atoms with Crippen molar-refractivity contribution in [3.63, 3.8) is 0 Å². The molecule has 19 heavy (non-hydrogen) atoms. The zero-order chi connectivity index (χ0) is 13.7. The maximum absolute atomic E-state index is 10.5. The van der Waals surface area contributed by atoms with Crippen LogP contribution in [0.15, 0.2) is 48.5 Å². The zero-order valence-electron chi connectivity index (χ0n) is 10.8. The van der Waals surface area contributed by atoms with E-state index in [2.05, 4.69) is 0 Å². The van der Waals surface area contributed by atoms with E-state index in [4.69, 9.17) is 9.84 Å². The van der Waals surface area contributed by atoms with Crippen LogP contribution in [0.2, 0.25) is 0 Å². The molecule has 0 amide bonds. The average Bonchev–Trinajstić information content (AvgIpc) is 2.40. The molecule has 3 heteroatoms. The van der Waals surface area contributed by atoms with Gasteiger partial charge in [-0.05, 0) is 42.7 Å². The molecule has 1 N–H and O–H groups in total. The third kappa shape index (κ3) is 3.85. The van der Waals surface area contributed by atoms with Gasteiger partial charge >= 0.3 is 5.97 Å². The first-order valence-corrected chi connectivity index (χ1v) is 6.19. The Balaban J connectivity index is 2.03. The van der Waals surface area contributed by atoms with Crippen molar-refractivity contribution in [1.29, 1.82) is 0 Å². The van der Waals surface area contributed by atoms with Gasteiger partial charge < -0.3 is 9.84 Å². The molecule has 0 saturated heterocycles. The van der Waals surface area contributed by atoms with Crippen molar-refractivity contribution in [2.45, 2.75) is 19.8 Å². The third-order valence-electron chi connectivity index (χ3n) is 2.87. The Hall–Kier alpha value is -2.29. The van der Waals surface area contributed by atoms with Crippen LogP contribution >= 0.6 is 0 Å². The van der Waals surface area contributed by atoms with Crippen LogP contribution in [0, 0.1) is 6.92 Å². The van der Waals surface area contributed by atoms with Gasteiger partial charge in [0.1, 0.15) is 11.5 Å². The van der Waals surface area contributed by atoms with Gasteiger partial charge in [0, 0.05) is 6.42 Å². The lowest BCUT2D eigenvalue weighted by Gasteiger charge is -2.08. The zero-order valence-corrected chi connectivity index (χ0v) is 10.8. The van der Waals surface area contributed by atoms with Crippen LogP contribution in [-0.2, 0) is 11.2 Å². The van der Waals surface area contributed by atoms with Crippen molar-refractivity contribution in [1.82, 2.24) is 0 Å². The number of carboxylic acids is 1. The van der Waals surface area contributed by atoms with Crippen LogP contribution in [0.25, 0.3) is 0 Å². The minimum Gasteiger partial charge on any atom is -0.481 e. The molecular weight excluding hydrogens is 240 g/mol. The first-order valence-electron chi connectivity index (χ1n) is 6.19. The quantitative estimate of drug-likeness (QED) is 0.885. The Labute approximate surface area is 112 Å². The van der Waals surface area contributed by atoms with Crippen LogP contribution in [0.3, 0.4) is 0 Å². The van der Waals surface area contributed by atoms with Gasteiger partial charge in [-0.3, -0.25) is 4.79 Å². The van der Waals surface area contributed by atoms with Gasteiger partial charge in [0.2, 0.25) is 0 Å². The average molecular weight is 256 g/mol. The summed E-state index contributed by atoms with van der Waals surface area (Å²) in [5.74, 6) is 0.814. The second kappa shape index (κ2) is 6.05. The summed E-state index contributed by atoms with van der Waals surface area (Å²) < 4.78 is 5.77. The Morgan fingerprint density at radius 2 is 1.79 bits per heavy atom. The summed E-state index contributed by atoms with van der Waals surface area (Å²) in [4.78, 5) is 10.5. The number of aliphatic carboxylic acids is 1. The molecule has 2 aromatic rings. The highest BCUT2D eigenvalue weighted by atomic mass is 16.5. The normalized spacial score (nSPS) is 10.2. The SMILES string of the molecule is Cc1ccccc1Oc1ccc(CCC(=O)O)cc1. The molecule has 0 radical (unpaired) electrons. The van der Waals surface area contributed by atoms with Gasteiger partial charge in [-0.2, -0.15) is 0 Å². The number of hydrogen-bond donors (Lipinski definition) is 1. The fourth-order valence-corrected chi connectivity index (χ4v) is 1.77. The van der Waals surface area contributed by atoms with E-state index in [9.17, 15) is 4.79 Å². The largest absolute Gasteiger partial charge is 0.481 e. The molecule has 2 aromatic carbocycles. The number of ether oxygens (including phenoxy) is 1. The molecular formula is C16H16O3. The number of aryl methyl sites for hydroxylation is 2. The van der Waals surface area contributed by atoms with E-state index in [0.29, 0.717) is 6.42 Å². The van der Waals surface area contributed by atoms with Crippen molar-refractivity contribution < 1.29 is 14.6 Å². The number of hydrogen-bond acceptors (Lipinski definition) is 2. The van der Waals surface area contributed by atoms with Gasteiger partial charge in [0.05, 0.1) is 0 Å². The summed E-state index contributed by atoms with van der Waals surface area (Å²) in [6, 6.07) is 15.4. The first-order chi connectivity index (χ1) is 9.15. The van der Waals surface area contributed by atoms with Crippen LogP contribution in [0.4, 0.5) is 0 Å². The molecule has 98 valence electrons. The number of carboxylic acid groups (broad SMARTS) is 1. The highest BCUT2D eigenvalue weighted by Crippen LogP contribution is 2.24. The smallest absolute Gasteiger partial charge is 0.303 e. The second-order valence-corrected chi connectivity index (χ2v) is 4.41. The molecule has 0 heterocycles. The summed E-state index contributed by atoms with van der Waals surface area (Å²) in [5, 5.41) is 8.63. The van der Waals surface area contributed by atoms with E-state index in [1.54, 1.807) is 0 Å². The number of benzene rings is 2. The van der Waals surface area contributed by atoms with Crippen LogP contribution in [0.5, 0.6) is 11.5 Å². The summed E-state index contributed by atoms with van der Waals surface area (Å²) >= 11 is 0. The summed E-state index contributed by atoms with van der Waals surface area (Å²) in [5.41, 5.74) is 2.08. The number of para-hydroxylation sites is 1. The highest BCUT2D eigenvalue weighted by molar-refractivity contribution is 5.67. The van der Waals surface area contributed by atoms with Gasteiger partial charge in [0.25, 0.3) is 0 Å². The summed E-state index contributed by atoms with van der Waals surface area (Å²) in [6.45, 7) is 2.00. The van der Waals surface area contributed by atoms with Crippen LogP contribution in [-0.4, -0.2) is 11.1 Å². The lowest BCUT2D eigenvalue weighted by molar-refractivity contribution is -0.136. The molecule has 0 aliphatic heterocycles. The van der Waals surface area contributed by atoms with E-state index in [0.717, 1.165) is 22.6 Å². The molecule has 0 unspecified atom stereocenters. The minimum absolute atomic E-state index is 0.151. The molecule has 0 fully saturated rings. The summed E-state index contributed by atoms with van der Waals surface area (Å²) in [6.07, 6.45) is 0.692. The first kappa shape index (κ1) is 13.1. The van der Waals surface area contributed by atoms with E-state index in [-0.39, 0.29) is 6.42 Å². The van der Waals surface area contributed by atoms with E-state index in [1.807, 2.05) is 55.5 Å². The van der Waals surface area contributed by atoms with Crippen molar-refractivity contribution >= 4 is 5.97 Å². The molecule has 2 rings (SSSR count). The van der Waals surface area contributed by atoms with Gasteiger partial charge in [-0.25, -0.2) is 0 Å². The Morgan fingerprint density at radius 1 is 1.11 bits per heavy atom. The standard InChI is InChI=1S/C16H16O3/c1-12-4-2-3-5-15(12)19-14-9-6-13(7-10-14)8-11-16(17)18/h2-7,9-10H,8,11H2,1H3,(H,17,18). The topological polar surface area (TPSA) is 46.5 Å². The Kier molecular flexibility index (Phi) is 4.18. The lowest BCUT2D eigenvalue weighted by Crippen LogP contribution is -1.97. The van der Waals surface area contributed by atoms with Crippen molar-refractivity contribution in [2.24, 2.45) is 0 Å². The monoisotopic (exact) mass is 256 g/mol. The van der Waals surface area contributed by atoms with Crippen molar-refractivity contribution in [3.8, 4) is 11.5 Å². The summed E-state index contributed by atoms with van der Waals surface area (Å²) in [7, 11) is 0. The van der Waals surface area contributed by atoms with Crippen molar-refractivity contribution in [2.75, 3.05) is 0 Å². The van der Waals surface area contributed by atoms with Gasteiger partial charge in [-0.1, -0.05) is 30.3 Å². The molecule has 0 aliphatic rings. The van der Waals surface area contributed by atoms with Crippen LogP contribution in [0.1, 0.15) is 17.5 Å². The predicted octanol–water partition coefficient (Wildman–Crippen LogP) is 3.80. The Bertz CT molecular complexity index is 558. The van der Waals surface area contributed by atoms with E-state index in [1.165, 1.54) is 0 Å². The molecule has 0 saturated carbocycles. The second-order valence-electron chi connectivity index (χ2n) is 4.41. The fraction of sp³-hybridized carbons (Fsp3) is 0.188. The van der Waals surface area contributed by atoms with Gasteiger partial charge in [-0.15, -0.1) is 0 Å². The fourth-order valence-electron chi connectivity index (χ4n) is 1.77. The minimum atomic E-state index is -0.778. The lowest BCUT2D eigenvalue weighted by atomic mass is 10.1. The molecule has 0 aliphatic carbocycles. The van der Waals surface area contributed by atoms with Gasteiger partial charge in [0.15, 0.2) is 0 Å². The van der Waals surface area contributed by atoms with Crippen LogP contribution < -0.4 is 4.74 Å². The maximum atomic E-state index is 10.5. The molecule has 0 aromatic heterocycles. The number of carbonyl (C=O) groups is 1. The number of rotatable bonds is 5. The van der Waals surface area contributed by atoms with E-state index >= 15 is 0 Å².